The van der Waals surface area contributed by atoms with E-state index in [1.54, 1.807) is 52.1 Å². The van der Waals surface area contributed by atoms with Crippen LogP contribution >= 0.6 is 0 Å². The molecule has 2 aromatic rings. The predicted molar refractivity (Wildman–Crippen MR) is 144 cm³/mol. The number of hydrogen-bond donors (Lipinski definition) is 4. The van der Waals surface area contributed by atoms with Crippen molar-refractivity contribution >= 4 is 5.78 Å². The summed E-state index contributed by atoms with van der Waals surface area (Å²) in [5.74, 6) is 0.0564. The van der Waals surface area contributed by atoms with E-state index in [0.717, 1.165) is 11.1 Å². The molecule has 36 heavy (non-hydrogen) atoms. The van der Waals surface area contributed by atoms with E-state index in [9.17, 15) is 9.90 Å². The van der Waals surface area contributed by atoms with Crippen LogP contribution in [0.1, 0.15) is 52.7 Å². The molecule has 1 aliphatic rings. The maximum Gasteiger partial charge on any atom is 0.187 e. The van der Waals surface area contributed by atoms with E-state index < -0.39 is 5.60 Å². The van der Waals surface area contributed by atoms with Crippen molar-refractivity contribution in [3.05, 3.63) is 108 Å². The van der Waals surface area contributed by atoms with E-state index in [4.69, 9.17) is 10.2 Å². The van der Waals surface area contributed by atoms with Crippen molar-refractivity contribution in [1.29, 1.82) is 0 Å². The average Bonchev–Trinajstić information content (AvgIpc) is 2.80. The quantitative estimate of drug-likeness (QED) is 0.318. The molecule has 1 atom stereocenters. The van der Waals surface area contributed by atoms with Gasteiger partial charge in [-0.2, -0.15) is 0 Å². The summed E-state index contributed by atoms with van der Waals surface area (Å²) in [5, 5.41) is 31.4. The fourth-order valence-corrected chi connectivity index (χ4v) is 3.49. The van der Waals surface area contributed by atoms with Gasteiger partial charge in [0.15, 0.2) is 5.78 Å². The molecule has 0 amide bonds. The summed E-state index contributed by atoms with van der Waals surface area (Å²) < 4.78 is 0. The van der Waals surface area contributed by atoms with Crippen LogP contribution in [0.25, 0.3) is 0 Å². The zero-order valence-electron chi connectivity index (χ0n) is 22.2. The van der Waals surface area contributed by atoms with Gasteiger partial charge in [-0.05, 0) is 56.9 Å². The third-order valence-corrected chi connectivity index (χ3v) is 4.88. The van der Waals surface area contributed by atoms with Crippen LogP contribution in [0.2, 0.25) is 0 Å². The zero-order chi connectivity index (χ0) is 26.4. The van der Waals surface area contributed by atoms with Crippen LogP contribution < -0.4 is 5.32 Å². The molecule has 0 saturated heterocycles. The van der Waals surface area contributed by atoms with Gasteiger partial charge < -0.3 is 20.6 Å². The molecular formula is C30H41NO4Ti. The standard InChI is InChI=1S/C24H25NO2.2C3H8O.Ti/c1-18(2)23(25-17-19-11-9-10-16-22(19)26)24(27,20-12-5-3-6-13-20)21-14-7-4-8-15-21;2*1-3(2)4;/h3-18,23,25,27H,1-2H3;2*3-4H,1-2H3;/b19-17-;;;/t23-;;;/m0.../s1. The number of allylic oxidation sites excluding steroid dienone is 5. The Morgan fingerprint density at radius 2 is 1.14 bits per heavy atom. The number of hydrogen-bond acceptors (Lipinski definition) is 5. The van der Waals surface area contributed by atoms with Gasteiger partial charge in [-0.25, -0.2) is 0 Å². The number of aliphatic hydroxyl groups excluding tert-OH is 2. The molecule has 0 fully saturated rings. The van der Waals surface area contributed by atoms with Crippen LogP contribution in [0, 0.1) is 5.92 Å². The van der Waals surface area contributed by atoms with E-state index in [0.29, 0.717) is 5.57 Å². The summed E-state index contributed by atoms with van der Waals surface area (Å²) in [6.07, 6.45) is 8.25. The van der Waals surface area contributed by atoms with Crippen molar-refractivity contribution in [3.63, 3.8) is 0 Å². The average molecular weight is 528 g/mol. The molecule has 6 heteroatoms. The molecule has 0 spiro atoms. The third-order valence-electron chi connectivity index (χ3n) is 4.88. The van der Waals surface area contributed by atoms with Gasteiger partial charge >= 0.3 is 0 Å². The van der Waals surface area contributed by atoms with Crippen molar-refractivity contribution in [2.75, 3.05) is 0 Å². The summed E-state index contributed by atoms with van der Waals surface area (Å²) in [6, 6.07) is 19.0. The molecule has 5 nitrogen and oxygen atoms in total. The molecule has 0 bridgehead atoms. The molecule has 0 radical (unpaired) electrons. The van der Waals surface area contributed by atoms with Gasteiger partial charge in [0.2, 0.25) is 0 Å². The first-order chi connectivity index (χ1) is 16.5. The molecule has 1 aliphatic carbocycles. The normalized spacial score (nSPS) is 14.6. The predicted octanol–water partition coefficient (Wildman–Crippen LogP) is 4.89. The summed E-state index contributed by atoms with van der Waals surface area (Å²) in [5.41, 5.74) is 0.953. The van der Waals surface area contributed by atoms with Crippen LogP contribution in [-0.4, -0.2) is 39.4 Å². The first kappa shape index (κ1) is 33.7. The number of ketones is 1. The van der Waals surface area contributed by atoms with E-state index >= 15 is 0 Å². The van der Waals surface area contributed by atoms with Gasteiger partial charge in [0.05, 0.1) is 6.04 Å². The Bertz CT molecular complexity index is 916. The van der Waals surface area contributed by atoms with E-state index in [-0.39, 0.29) is 51.7 Å². The van der Waals surface area contributed by atoms with E-state index in [1.165, 1.54) is 0 Å². The summed E-state index contributed by atoms with van der Waals surface area (Å²) in [4.78, 5) is 12.1. The van der Waals surface area contributed by atoms with Gasteiger partial charge in [-0.15, -0.1) is 0 Å². The monoisotopic (exact) mass is 527 g/mol. The number of rotatable bonds is 6. The van der Waals surface area contributed by atoms with Gasteiger partial charge in [-0.1, -0.05) is 86.7 Å². The Morgan fingerprint density at radius 3 is 1.50 bits per heavy atom. The minimum absolute atomic E-state index is 0. The summed E-state index contributed by atoms with van der Waals surface area (Å²) in [7, 11) is 0. The Hall–Kier alpha value is -2.28. The summed E-state index contributed by atoms with van der Waals surface area (Å²) >= 11 is 0. The molecule has 0 unspecified atom stereocenters. The smallest absolute Gasteiger partial charge is 0.187 e. The minimum atomic E-state index is -1.25. The molecule has 0 aromatic heterocycles. The second kappa shape index (κ2) is 17.2. The maximum atomic E-state index is 12.1. The van der Waals surface area contributed by atoms with Crippen LogP contribution in [0.15, 0.2) is 96.7 Å². The van der Waals surface area contributed by atoms with Crippen molar-refractivity contribution in [2.45, 2.75) is 65.4 Å². The van der Waals surface area contributed by atoms with Gasteiger partial charge in [0.1, 0.15) is 5.60 Å². The Balaban J connectivity index is 0.00000119. The van der Waals surface area contributed by atoms with Crippen molar-refractivity contribution < 1.29 is 41.8 Å². The fraction of sp³-hybridized carbons (Fsp3) is 0.367. The topological polar surface area (TPSA) is 89.8 Å². The van der Waals surface area contributed by atoms with Crippen molar-refractivity contribution in [2.24, 2.45) is 5.92 Å². The Labute approximate surface area is 231 Å². The van der Waals surface area contributed by atoms with Gasteiger partial charge in [0.25, 0.3) is 0 Å². The molecule has 0 aliphatic heterocycles. The molecule has 3 rings (SSSR count). The third kappa shape index (κ3) is 11.2. The van der Waals surface area contributed by atoms with Crippen molar-refractivity contribution in [3.8, 4) is 0 Å². The molecule has 0 saturated carbocycles. The van der Waals surface area contributed by atoms with Gasteiger partial charge in [0, 0.05) is 45.7 Å². The van der Waals surface area contributed by atoms with Crippen LogP contribution in [0.3, 0.4) is 0 Å². The SMILES string of the molecule is CC(C)O.CC(C)O.CC(C)[C@H](N/C=C1/C=CC=CC1=O)C(O)(c1ccccc1)c1ccccc1.[Ti]. The number of nitrogens with one attached hydrogen (secondary N) is 1. The van der Waals surface area contributed by atoms with E-state index in [1.807, 2.05) is 66.7 Å². The Morgan fingerprint density at radius 1 is 0.750 bits per heavy atom. The molecular weight excluding hydrogens is 486 g/mol. The number of carbonyl (C=O) groups is 1. The number of carbonyl (C=O) groups excluding carboxylic acids is 1. The van der Waals surface area contributed by atoms with Crippen LogP contribution in [-0.2, 0) is 32.1 Å². The Kier molecular flexibility index (Phi) is 16.1. The zero-order valence-corrected chi connectivity index (χ0v) is 23.8. The molecule has 2 aromatic carbocycles. The number of aliphatic hydroxyl groups is 3. The molecule has 0 heterocycles. The first-order valence-electron chi connectivity index (χ1n) is 12.0. The number of benzene rings is 2. The fourth-order valence-electron chi connectivity index (χ4n) is 3.49. The van der Waals surface area contributed by atoms with Crippen molar-refractivity contribution in [1.82, 2.24) is 5.32 Å². The minimum Gasteiger partial charge on any atom is -0.394 e. The molecule has 194 valence electrons. The second-order valence-electron chi connectivity index (χ2n) is 9.26. The van der Waals surface area contributed by atoms with Gasteiger partial charge in [-0.3, -0.25) is 4.79 Å². The second-order valence-corrected chi connectivity index (χ2v) is 9.26. The van der Waals surface area contributed by atoms with Crippen LogP contribution in [0.5, 0.6) is 0 Å². The maximum absolute atomic E-state index is 12.1. The van der Waals surface area contributed by atoms with Crippen LogP contribution in [0.4, 0.5) is 0 Å². The summed E-state index contributed by atoms with van der Waals surface area (Å²) in [6.45, 7) is 11.0. The first-order valence-corrected chi connectivity index (χ1v) is 12.0. The largest absolute Gasteiger partial charge is 0.394 e. The molecule has 4 N–H and O–H groups in total. The van der Waals surface area contributed by atoms with E-state index in [2.05, 4.69) is 19.2 Å².